The van der Waals surface area contributed by atoms with Gasteiger partial charge in [-0.15, -0.1) is 16.4 Å². The van der Waals surface area contributed by atoms with Crippen molar-refractivity contribution in [1.29, 1.82) is 0 Å². The number of nitrogens with one attached hydrogen (secondary N) is 1. The minimum absolute atomic E-state index is 0.158. The van der Waals surface area contributed by atoms with Gasteiger partial charge in [-0.05, 0) is 48.0 Å². The fourth-order valence-electron chi connectivity index (χ4n) is 3.52. The summed E-state index contributed by atoms with van der Waals surface area (Å²) in [4.78, 5) is 29.0. The van der Waals surface area contributed by atoms with Crippen molar-refractivity contribution in [3.05, 3.63) is 63.8 Å². The van der Waals surface area contributed by atoms with Gasteiger partial charge in [-0.3, -0.25) is 14.5 Å². The van der Waals surface area contributed by atoms with Crippen molar-refractivity contribution in [2.24, 2.45) is 0 Å². The molecule has 0 bridgehead atoms. The number of carbonyl (C=O) groups excluding carboxylic acids is 2. The van der Waals surface area contributed by atoms with Crippen LogP contribution in [-0.2, 0) is 4.79 Å². The van der Waals surface area contributed by atoms with Gasteiger partial charge in [0.15, 0.2) is 11.7 Å². The second-order valence-electron chi connectivity index (χ2n) is 6.71. The van der Waals surface area contributed by atoms with Crippen LogP contribution >= 0.6 is 22.9 Å². The molecule has 1 saturated carbocycles. The summed E-state index contributed by atoms with van der Waals surface area (Å²) in [6, 6.07) is 12.5. The van der Waals surface area contributed by atoms with E-state index >= 15 is 0 Å². The van der Waals surface area contributed by atoms with Crippen LogP contribution < -0.4 is 10.2 Å². The summed E-state index contributed by atoms with van der Waals surface area (Å²) in [7, 11) is 0. The number of carbonyl (C=O) groups is 2. The van der Waals surface area contributed by atoms with E-state index in [9.17, 15) is 9.59 Å². The number of amides is 2. The molecule has 1 aliphatic rings. The first-order valence-electron chi connectivity index (χ1n) is 9.23. The Labute approximate surface area is 171 Å². The average Bonchev–Trinajstić information content (AvgIpc) is 3.49. The lowest BCUT2D eigenvalue weighted by atomic mass is 10.1. The lowest BCUT2D eigenvalue weighted by molar-refractivity contribution is -0.123. The number of anilines is 1. The minimum atomic E-state index is -0.753. The third-order valence-corrected chi connectivity index (χ3v) is 6.28. The normalized spacial score (nSPS) is 15.3. The average molecular weight is 413 g/mol. The molecule has 0 saturated heterocycles. The molecule has 1 fully saturated rings. The van der Waals surface area contributed by atoms with Gasteiger partial charge < -0.3 is 5.32 Å². The van der Waals surface area contributed by atoms with E-state index in [4.69, 9.17) is 0 Å². The van der Waals surface area contributed by atoms with Crippen molar-refractivity contribution < 1.29 is 9.59 Å². The number of para-hydroxylation sites is 1. The standard InChI is InChI=1S/C20H20N4O2S2/c25-19(21-14-7-4-5-8-14)18(17-11-6-12-27-17)24(15-9-2-1-3-10-15)20(26)16-13-28-23-22-16/h1-3,6,9-14,18H,4-5,7-8H2,(H,21,25)/t18-/m0/s1. The Kier molecular flexibility index (Phi) is 5.78. The molecular formula is C20H20N4O2S2. The third-order valence-electron chi connectivity index (χ3n) is 4.85. The molecule has 3 aromatic rings. The Bertz CT molecular complexity index is 907. The molecule has 1 N–H and O–H groups in total. The van der Waals surface area contributed by atoms with Gasteiger partial charge in [-0.2, -0.15) is 0 Å². The number of thiophene rings is 1. The maximum atomic E-state index is 13.4. The lowest BCUT2D eigenvalue weighted by Gasteiger charge is -2.30. The van der Waals surface area contributed by atoms with E-state index in [-0.39, 0.29) is 23.6 Å². The molecule has 0 radical (unpaired) electrons. The van der Waals surface area contributed by atoms with Crippen molar-refractivity contribution in [2.75, 3.05) is 4.90 Å². The number of nitrogens with zero attached hydrogens (tertiary/aromatic N) is 3. The van der Waals surface area contributed by atoms with Crippen LogP contribution in [0, 0.1) is 0 Å². The molecule has 144 valence electrons. The Balaban J connectivity index is 1.74. The van der Waals surface area contributed by atoms with Crippen molar-refractivity contribution >= 4 is 40.4 Å². The van der Waals surface area contributed by atoms with Gasteiger partial charge in [0.05, 0.1) is 0 Å². The van der Waals surface area contributed by atoms with E-state index in [0.717, 1.165) is 42.1 Å². The highest BCUT2D eigenvalue weighted by Gasteiger charge is 2.36. The number of rotatable bonds is 6. The van der Waals surface area contributed by atoms with E-state index in [1.165, 1.54) is 16.2 Å². The second-order valence-corrected chi connectivity index (χ2v) is 8.30. The van der Waals surface area contributed by atoms with Crippen LogP contribution in [0.3, 0.4) is 0 Å². The highest BCUT2D eigenvalue weighted by atomic mass is 32.1. The van der Waals surface area contributed by atoms with E-state index in [2.05, 4.69) is 14.9 Å². The first-order valence-corrected chi connectivity index (χ1v) is 10.9. The molecule has 1 atom stereocenters. The lowest BCUT2D eigenvalue weighted by Crippen LogP contribution is -2.46. The van der Waals surface area contributed by atoms with E-state index in [0.29, 0.717) is 5.69 Å². The van der Waals surface area contributed by atoms with Crippen molar-refractivity contribution in [2.45, 2.75) is 37.8 Å². The summed E-state index contributed by atoms with van der Waals surface area (Å²) in [5.41, 5.74) is 0.893. The predicted octanol–water partition coefficient (Wildman–Crippen LogP) is 4.05. The zero-order chi connectivity index (χ0) is 19.3. The number of aromatic nitrogens is 2. The van der Waals surface area contributed by atoms with Crippen molar-refractivity contribution in [1.82, 2.24) is 14.9 Å². The molecule has 8 heteroatoms. The first-order chi connectivity index (χ1) is 13.7. The predicted molar refractivity (Wildman–Crippen MR) is 111 cm³/mol. The minimum Gasteiger partial charge on any atom is -0.351 e. The summed E-state index contributed by atoms with van der Waals surface area (Å²) in [6.07, 6.45) is 4.22. The van der Waals surface area contributed by atoms with Gasteiger partial charge in [0.25, 0.3) is 5.91 Å². The Morgan fingerprint density at radius 3 is 2.54 bits per heavy atom. The third kappa shape index (κ3) is 3.98. The maximum Gasteiger partial charge on any atom is 0.280 e. The van der Waals surface area contributed by atoms with E-state index < -0.39 is 6.04 Å². The van der Waals surface area contributed by atoms with Crippen LogP contribution in [-0.4, -0.2) is 27.4 Å². The SMILES string of the molecule is O=C(NC1CCCC1)[C@H](c1cccs1)N(C(=O)c1csnn1)c1ccccc1. The molecule has 1 aromatic carbocycles. The molecule has 6 nitrogen and oxygen atoms in total. The number of hydrogen-bond acceptors (Lipinski definition) is 6. The molecule has 4 rings (SSSR count). The summed E-state index contributed by atoms with van der Waals surface area (Å²) in [5, 5.41) is 10.6. The van der Waals surface area contributed by atoms with Crippen LogP contribution in [0.1, 0.15) is 47.1 Å². The fraction of sp³-hybridized carbons (Fsp3) is 0.300. The van der Waals surface area contributed by atoms with Gasteiger partial charge in [0.2, 0.25) is 5.91 Å². The molecule has 1 aliphatic carbocycles. The van der Waals surface area contributed by atoms with Crippen LogP contribution in [0.15, 0.2) is 53.2 Å². The summed E-state index contributed by atoms with van der Waals surface area (Å²) < 4.78 is 3.82. The van der Waals surface area contributed by atoms with Gasteiger partial charge in [-0.1, -0.05) is 41.6 Å². The number of benzene rings is 1. The number of hydrogen-bond donors (Lipinski definition) is 1. The van der Waals surface area contributed by atoms with Gasteiger partial charge >= 0.3 is 0 Å². The van der Waals surface area contributed by atoms with Crippen LogP contribution in [0.5, 0.6) is 0 Å². The second kappa shape index (κ2) is 8.62. The summed E-state index contributed by atoms with van der Waals surface area (Å²) in [6.45, 7) is 0. The maximum absolute atomic E-state index is 13.4. The molecule has 2 heterocycles. The monoisotopic (exact) mass is 412 g/mol. The van der Waals surface area contributed by atoms with Crippen molar-refractivity contribution in [3.63, 3.8) is 0 Å². The highest BCUT2D eigenvalue weighted by molar-refractivity contribution is 7.10. The molecular weight excluding hydrogens is 392 g/mol. The zero-order valence-corrected chi connectivity index (χ0v) is 16.8. The van der Waals surface area contributed by atoms with Crippen LogP contribution in [0.4, 0.5) is 5.69 Å². The molecule has 0 spiro atoms. The van der Waals surface area contributed by atoms with Gasteiger partial charge in [0.1, 0.15) is 0 Å². The smallest absolute Gasteiger partial charge is 0.280 e. The summed E-state index contributed by atoms with van der Waals surface area (Å²) in [5.74, 6) is -0.491. The zero-order valence-electron chi connectivity index (χ0n) is 15.2. The van der Waals surface area contributed by atoms with Crippen LogP contribution in [0.25, 0.3) is 0 Å². The van der Waals surface area contributed by atoms with Crippen molar-refractivity contribution in [3.8, 4) is 0 Å². The molecule has 28 heavy (non-hydrogen) atoms. The molecule has 2 aromatic heterocycles. The van der Waals surface area contributed by atoms with Crippen LogP contribution in [0.2, 0.25) is 0 Å². The fourth-order valence-corrected chi connectivity index (χ4v) is 4.77. The Morgan fingerprint density at radius 1 is 1.11 bits per heavy atom. The summed E-state index contributed by atoms with van der Waals surface area (Å²) >= 11 is 2.58. The van der Waals surface area contributed by atoms with Gasteiger partial charge in [-0.25, -0.2) is 0 Å². The van der Waals surface area contributed by atoms with E-state index in [1.807, 2.05) is 47.8 Å². The Hall–Kier alpha value is -2.58. The Morgan fingerprint density at radius 2 is 1.89 bits per heavy atom. The van der Waals surface area contributed by atoms with Gasteiger partial charge in [0, 0.05) is 22.0 Å². The quantitative estimate of drug-likeness (QED) is 0.663. The molecule has 2 amide bonds. The highest BCUT2D eigenvalue weighted by Crippen LogP contribution is 2.32. The van der Waals surface area contributed by atoms with E-state index in [1.54, 1.807) is 5.38 Å². The molecule has 0 unspecified atom stereocenters. The topological polar surface area (TPSA) is 75.2 Å². The largest absolute Gasteiger partial charge is 0.351 e. The molecule has 0 aliphatic heterocycles. The first kappa shape index (κ1) is 18.8.